The molecule has 2 N–H and O–H groups in total. The molecule has 0 radical (unpaired) electrons. The number of benzene rings is 1. The topological polar surface area (TPSA) is 64.7 Å². The molecule has 0 fully saturated rings. The molecule has 1 aromatic rings. The van der Waals surface area contributed by atoms with Gasteiger partial charge in [-0.3, -0.25) is 4.79 Å². The zero-order chi connectivity index (χ0) is 12.0. The number of rotatable bonds is 0. The number of halogens is 1. The van der Waals surface area contributed by atoms with Gasteiger partial charge in [-0.15, -0.1) is 0 Å². The summed E-state index contributed by atoms with van der Waals surface area (Å²) < 4.78 is 6.51. The number of nitrogens with zero attached hydrogens (tertiary/aromatic N) is 1. The summed E-state index contributed by atoms with van der Waals surface area (Å²) in [4.78, 5) is 15.5. The molecule has 1 amide bonds. The van der Waals surface area contributed by atoms with Gasteiger partial charge in [0.25, 0.3) is 11.9 Å². The highest BCUT2D eigenvalue weighted by atomic mass is 79.9. The number of carbonyl (C=O) groups is 1. The van der Waals surface area contributed by atoms with Crippen molar-refractivity contribution in [2.45, 2.75) is 24.9 Å². The van der Waals surface area contributed by atoms with Gasteiger partial charge >= 0.3 is 0 Å². The second-order valence-corrected chi connectivity index (χ2v) is 5.36. The van der Waals surface area contributed by atoms with Crippen LogP contribution in [0.5, 0.6) is 0 Å². The molecule has 1 unspecified atom stereocenters. The van der Waals surface area contributed by atoms with E-state index in [9.17, 15) is 4.79 Å². The summed E-state index contributed by atoms with van der Waals surface area (Å²) in [6.07, 6.45) is 2.00. The van der Waals surface area contributed by atoms with Crippen molar-refractivity contribution < 1.29 is 9.53 Å². The first-order chi connectivity index (χ1) is 8.09. The average Bonchev–Trinajstić information content (AvgIpc) is 2.54. The smallest absolute Gasteiger partial charge is 0.294 e. The fraction of sp³-hybridized carbons (Fsp3) is 0.333. The number of aliphatic imine (C=N–C) groups is 1. The standard InChI is InChI=1S/C12H11BrN2O2/c13-9-2-1-8-6-12(4-3-7(8)5-9)10(16)15-11(14)17-12/h1-2,5H,3-4,6H2,(H2,14,15,16). The molecule has 1 atom stereocenters. The number of amidine groups is 1. The van der Waals surface area contributed by atoms with E-state index in [0.29, 0.717) is 12.8 Å². The molecule has 1 spiro atoms. The van der Waals surface area contributed by atoms with Crippen LogP contribution in [-0.4, -0.2) is 17.5 Å². The van der Waals surface area contributed by atoms with E-state index in [4.69, 9.17) is 10.5 Å². The highest BCUT2D eigenvalue weighted by Gasteiger charge is 2.48. The Morgan fingerprint density at radius 3 is 2.94 bits per heavy atom. The third kappa shape index (κ3) is 1.65. The Morgan fingerprint density at radius 2 is 2.24 bits per heavy atom. The maximum absolute atomic E-state index is 11.8. The van der Waals surface area contributed by atoms with Crippen LogP contribution in [0.3, 0.4) is 0 Å². The van der Waals surface area contributed by atoms with Crippen molar-refractivity contribution in [3.8, 4) is 0 Å². The lowest BCUT2D eigenvalue weighted by atomic mass is 9.80. The van der Waals surface area contributed by atoms with Crippen LogP contribution in [0.2, 0.25) is 0 Å². The average molecular weight is 295 g/mol. The van der Waals surface area contributed by atoms with Crippen molar-refractivity contribution in [2.24, 2.45) is 10.7 Å². The van der Waals surface area contributed by atoms with Gasteiger partial charge in [0.15, 0.2) is 5.60 Å². The Hall–Kier alpha value is -1.36. The second-order valence-electron chi connectivity index (χ2n) is 4.44. The predicted molar refractivity (Wildman–Crippen MR) is 66.6 cm³/mol. The Morgan fingerprint density at radius 1 is 1.41 bits per heavy atom. The van der Waals surface area contributed by atoms with Crippen molar-refractivity contribution in [3.63, 3.8) is 0 Å². The van der Waals surface area contributed by atoms with E-state index >= 15 is 0 Å². The summed E-state index contributed by atoms with van der Waals surface area (Å²) in [6, 6.07) is 6.08. The number of aryl methyl sites for hydroxylation is 1. The fourth-order valence-corrected chi connectivity index (χ4v) is 2.88. The quantitative estimate of drug-likeness (QED) is 0.789. The molecule has 1 heterocycles. The molecule has 4 nitrogen and oxygen atoms in total. The van der Waals surface area contributed by atoms with Crippen LogP contribution in [0.4, 0.5) is 0 Å². The maximum Gasteiger partial charge on any atom is 0.294 e. The molecule has 0 saturated carbocycles. The van der Waals surface area contributed by atoms with E-state index < -0.39 is 5.60 Å². The highest BCUT2D eigenvalue weighted by Crippen LogP contribution is 2.36. The SMILES string of the molecule is NC1=NC(=O)C2(CCc3cc(Br)ccc3C2)O1. The molecule has 3 rings (SSSR count). The first-order valence-electron chi connectivity index (χ1n) is 5.44. The molecular formula is C12H11BrN2O2. The first-order valence-corrected chi connectivity index (χ1v) is 6.23. The molecular weight excluding hydrogens is 284 g/mol. The van der Waals surface area contributed by atoms with E-state index in [1.807, 2.05) is 12.1 Å². The van der Waals surface area contributed by atoms with Crippen molar-refractivity contribution in [3.05, 3.63) is 33.8 Å². The van der Waals surface area contributed by atoms with Crippen LogP contribution in [-0.2, 0) is 22.4 Å². The van der Waals surface area contributed by atoms with Crippen LogP contribution < -0.4 is 5.73 Å². The number of amides is 1. The number of hydrogen-bond donors (Lipinski definition) is 1. The van der Waals surface area contributed by atoms with Crippen LogP contribution >= 0.6 is 15.9 Å². The molecule has 88 valence electrons. The van der Waals surface area contributed by atoms with E-state index in [1.165, 1.54) is 5.56 Å². The lowest BCUT2D eigenvalue weighted by Gasteiger charge is -2.31. The largest absolute Gasteiger partial charge is 0.448 e. The Kier molecular flexibility index (Phi) is 2.26. The van der Waals surface area contributed by atoms with Crippen LogP contribution in [0.1, 0.15) is 17.5 Å². The summed E-state index contributed by atoms with van der Waals surface area (Å²) in [6.45, 7) is 0. The number of fused-ring (bicyclic) bond motifs is 1. The van der Waals surface area contributed by atoms with E-state index in [-0.39, 0.29) is 11.9 Å². The van der Waals surface area contributed by atoms with Gasteiger partial charge in [0, 0.05) is 17.3 Å². The van der Waals surface area contributed by atoms with Gasteiger partial charge < -0.3 is 10.5 Å². The van der Waals surface area contributed by atoms with Gasteiger partial charge in [-0.1, -0.05) is 22.0 Å². The summed E-state index contributed by atoms with van der Waals surface area (Å²) >= 11 is 3.45. The van der Waals surface area contributed by atoms with Crippen LogP contribution in [0.25, 0.3) is 0 Å². The summed E-state index contributed by atoms with van der Waals surface area (Å²) in [5.74, 6) is -0.247. The molecule has 1 aliphatic heterocycles. The van der Waals surface area contributed by atoms with Gasteiger partial charge in [0.05, 0.1) is 0 Å². The predicted octanol–water partition coefficient (Wildman–Crippen LogP) is 1.55. The van der Waals surface area contributed by atoms with Crippen LogP contribution in [0.15, 0.2) is 27.7 Å². The Labute approximate surface area is 107 Å². The maximum atomic E-state index is 11.8. The van der Waals surface area contributed by atoms with Crippen molar-refractivity contribution in [2.75, 3.05) is 0 Å². The minimum atomic E-state index is -0.842. The molecule has 0 saturated heterocycles. The van der Waals surface area contributed by atoms with Gasteiger partial charge in [0.1, 0.15) is 0 Å². The summed E-state index contributed by atoms with van der Waals surface area (Å²) in [5.41, 5.74) is 7.02. The van der Waals surface area contributed by atoms with E-state index in [2.05, 4.69) is 27.0 Å². The van der Waals surface area contributed by atoms with Crippen LogP contribution in [0, 0.1) is 0 Å². The molecule has 17 heavy (non-hydrogen) atoms. The fourth-order valence-electron chi connectivity index (χ4n) is 2.47. The van der Waals surface area contributed by atoms with Crippen molar-refractivity contribution >= 4 is 27.9 Å². The Balaban J connectivity index is 1.96. The number of nitrogens with two attached hydrogens (primary N) is 1. The molecule has 0 aromatic heterocycles. The third-order valence-corrected chi connectivity index (χ3v) is 3.84. The third-order valence-electron chi connectivity index (χ3n) is 3.34. The van der Waals surface area contributed by atoms with E-state index in [1.54, 1.807) is 0 Å². The minimum Gasteiger partial charge on any atom is -0.448 e. The molecule has 2 aliphatic rings. The zero-order valence-corrected chi connectivity index (χ0v) is 10.7. The lowest BCUT2D eigenvalue weighted by Crippen LogP contribution is -2.43. The molecule has 5 heteroatoms. The molecule has 1 aliphatic carbocycles. The van der Waals surface area contributed by atoms with Gasteiger partial charge in [0.2, 0.25) is 0 Å². The lowest BCUT2D eigenvalue weighted by molar-refractivity contribution is -0.131. The van der Waals surface area contributed by atoms with Gasteiger partial charge in [-0.05, 0) is 29.7 Å². The van der Waals surface area contributed by atoms with E-state index in [0.717, 1.165) is 16.5 Å². The van der Waals surface area contributed by atoms with Crippen molar-refractivity contribution in [1.82, 2.24) is 0 Å². The first kappa shape index (κ1) is 10.8. The Bertz CT molecular complexity index is 541. The number of carbonyl (C=O) groups excluding carboxylic acids is 1. The summed E-state index contributed by atoms with van der Waals surface area (Å²) in [5, 5.41) is 0. The minimum absolute atomic E-state index is 0.00411. The number of ether oxygens (including phenoxy) is 1. The zero-order valence-electron chi connectivity index (χ0n) is 9.07. The number of hydrogen-bond acceptors (Lipinski definition) is 3. The monoisotopic (exact) mass is 294 g/mol. The summed E-state index contributed by atoms with van der Waals surface area (Å²) in [7, 11) is 0. The molecule has 1 aromatic carbocycles. The second kappa shape index (κ2) is 3.57. The normalized spacial score (nSPS) is 26.6. The van der Waals surface area contributed by atoms with Gasteiger partial charge in [-0.2, -0.15) is 4.99 Å². The van der Waals surface area contributed by atoms with Gasteiger partial charge in [-0.25, -0.2) is 0 Å². The van der Waals surface area contributed by atoms with Crippen molar-refractivity contribution in [1.29, 1.82) is 0 Å². The highest BCUT2D eigenvalue weighted by molar-refractivity contribution is 9.10. The molecule has 0 bridgehead atoms.